The van der Waals surface area contributed by atoms with E-state index in [1.54, 1.807) is 0 Å². The van der Waals surface area contributed by atoms with Crippen LogP contribution in [0.5, 0.6) is 5.75 Å². The van der Waals surface area contributed by atoms with Gasteiger partial charge in [0, 0.05) is 14.4 Å². The number of likely N-dealkylation sites (tertiary alicyclic amines) is 1. The molecule has 2 rings (SSSR count). The van der Waals surface area contributed by atoms with Gasteiger partial charge >= 0.3 is 6.09 Å². The Morgan fingerprint density at radius 2 is 2.17 bits per heavy atom. The summed E-state index contributed by atoms with van der Waals surface area (Å²) in [5, 5.41) is 9.38. The lowest BCUT2D eigenvalue weighted by Gasteiger charge is -2.38. The molecule has 0 saturated carbocycles. The second-order valence-electron chi connectivity index (χ2n) is 4.53. The highest BCUT2D eigenvalue weighted by atomic mass is 16.6. The molecule has 2 heterocycles. The number of amides is 1. The van der Waals surface area contributed by atoms with Gasteiger partial charge in [0.2, 0.25) is 0 Å². The molecule has 0 aromatic carbocycles. The summed E-state index contributed by atoms with van der Waals surface area (Å²) < 4.78 is 60.1. The summed E-state index contributed by atoms with van der Waals surface area (Å²) in [6, 6.07) is 0. The van der Waals surface area contributed by atoms with Gasteiger partial charge in [-0.3, -0.25) is 0 Å². The summed E-state index contributed by atoms with van der Waals surface area (Å²) in [6.45, 7) is -1.29. The third kappa shape index (κ3) is 2.88. The van der Waals surface area contributed by atoms with Gasteiger partial charge in [-0.15, -0.1) is 0 Å². The average Bonchev–Trinajstić information content (AvgIpc) is 2.39. The van der Waals surface area contributed by atoms with Crippen molar-refractivity contribution in [1.29, 1.82) is 0 Å². The van der Waals surface area contributed by atoms with Crippen LogP contribution in [0.2, 0.25) is 0 Å². The SMILES string of the molecule is [2H]c1nc(C2([2H])C([2H])([2H])N(C(=O)OC(C)(C)C)C2([2H])[2H])nc([2H])c1O. The molecule has 0 radical (unpaired) electrons. The quantitative estimate of drug-likeness (QED) is 0.826. The van der Waals surface area contributed by atoms with E-state index in [2.05, 4.69) is 9.97 Å². The maximum absolute atomic E-state index is 12.2. The molecule has 0 atom stereocenters. The molecule has 1 amide bonds. The van der Waals surface area contributed by atoms with Crippen molar-refractivity contribution in [1.82, 2.24) is 14.9 Å². The minimum atomic E-state index is -2.92. The second kappa shape index (κ2) is 4.44. The number of hydrogen-bond acceptors (Lipinski definition) is 5. The van der Waals surface area contributed by atoms with E-state index in [1.165, 1.54) is 20.8 Å². The fourth-order valence-corrected chi connectivity index (χ4v) is 1.10. The van der Waals surface area contributed by atoms with Crippen LogP contribution in [0.25, 0.3) is 0 Å². The summed E-state index contributed by atoms with van der Waals surface area (Å²) in [5.74, 6) is -4.53. The Bertz CT molecular complexity index is 696. The van der Waals surface area contributed by atoms with Gasteiger partial charge in [0.15, 0.2) is 5.75 Å². The van der Waals surface area contributed by atoms with E-state index in [0.717, 1.165) is 0 Å². The fourth-order valence-electron chi connectivity index (χ4n) is 1.10. The minimum Gasteiger partial charge on any atom is -0.505 e. The van der Waals surface area contributed by atoms with Crippen molar-refractivity contribution in [2.45, 2.75) is 32.3 Å². The number of hydrogen-bond donors (Lipinski definition) is 1. The van der Waals surface area contributed by atoms with Crippen molar-refractivity contribution < 1.29 is 24.2 Å². The van der Waals surface area contributed by atoms with Crippen LogP contribution in [0, 0.1) is 0 Å². The number of aromatic nitrogens is 2. The molecule has 6 heteroatoms. The first kappa shape index (κ1) is 6.36. The number of aromatic hydroxyl groups is 1. The molecular weight excluding hydrogens is 234 g/mol. The number of carbonyl (C=O) groups excluding carboxylic acids is 1. The van der Waals surface area contributed by atoms with Crippen LogP contribution in [-0.2, 0) is 4.74 Å². The molecule has 98 valence electrons. The van der Waals surface area contributed by atoms with Crippen molar-refractivity contribution in [3.8, 4) is 5.75 Å². The third-order valence-corrected chi connectivity index (χ3v) is 1.78. The van der Waals surface area contributed by atoms with Gasteiger partial charge in [-0.2, -0.15) is 0 Å². The summed E-state index contributed by atoms with van der Waals surface area (Å²) in [7, 11) is 0. The number of nitrogens with zero attached hydrogens (tertiary/aromatic N) is 3. The van der Waals surface area contributed by atoms with Crippen LogP contribution in [-0.4, -0.2) is 44.7 Å². The van der Waals surface area contributed by atoms with Gasteiger partial charge in [-0.1, -0.05) is 0 Å². The third-order valence-electron chi connectivity index (χ3n) is 1.78. The molecule has 6 nitrogen and oxygen atoms in total. The lowest BCUT2D eigenvalue weighted by molar-refractivity contribution is 0.00750. The maximum atomic E-state index is 12.2. The number of ether oxygens (including phenoxy) is 1. The number of rotatable bonds is 1. The van der Waals surface area contributed by atoms with Gasteiger partial charge in [0.1, 0.15) is 11.4 Å². The van der Waals surface area contributed by atoms with Crippen LogP contribution >= 0.6 is 0 Å². The Labute approximate surface area is 115 Å². The first-order valence-corrected chi connectivity index (χ1v) is 5.15. The van der Waals surface area contributed by atoms with E-state index in [9.17, 15) is 9.90 Å². The summed E-state index contributed by atoms with van der Waals surface area (Å²) >= 11 is 0. The Morgan fingerprint density at radius 3 is 2.67 bits per heavy atom. The van der Waals surface area contributed by atoms with Crippen molar-refractivity contribution in [3.63, 3.8) is 0 Å². The highest BCUT2D eigenvalue weighted by Crippen LogP contribution is 2.26. The zero-order chi connectivity index (χ0) is 19.6. The molecule has 0 aliphatic carbocycles. The fraction of sp³-hybridized carbons (Fsp3) is 0.583. The maximum Gasteiger partial charge on any atom is 0.410 e. The molecule has 0 bridgehead atoms. The molecule has 1 saturated heterocycles. The molecule has 1 aliphatic heterocycles. The van der Waals surface area contributed by atoms with E-state index in [4.69, 9.17) is 14.3 Å². The van der Waals surface area contributed by atoms with Crippen molar-refractivity contribution >= 4 is 6.09 Å². The first-order valence-electron chi connectivity index (χ1n) is 8.65. The molecule has 1 aromatic heterocycles. The molecule has 1 fully saturated rings. The largest absolute Gasteiger partial charge is 0.505 e. The van der Waals surface area contributed by atoms with Crippen molar-refractivity contribution in [2.75, 3.05) is 13.0 Å². The van der Waals surface area contributed by atoms with Gasteiger partial charge < -0.3 is 14.7 Å². The lowest BCUT2D eigenvalue weighted by atomic mass is 10.00. The molecular formula is C12H17N3O3. The van der Waals surface area contributed by atoms with E-state index in [-0.39, 0.29) is 4.90 Å². The lowest BCUT2D eigenvalue weighted by Crippen LogP contribution is -2.50. The van der Waals surface area contributed by atoms with Crippen LogP contribution in [0.15, 0.2) is 12.3 Å². The molecule has 0 unspecified atom stereocenters. The molecule has 1 aliphatic rings. The average molecular weight is 258 g/mol. The second-order valence-corrected chi connectivity index (χ2v) is 4.53. The standard InChI is InChI=1S/C12H17N3O3/c1-12(2,3)18-11(17)15-6-8(7-15)10-13-4-9(16)5-14-10/h4-5,8,16H,6-7H2,1-3H3/i4D,5D,6D2,7D2,8D. The van der Waals surface area contributed by atoms with E-state index in [1.807, 2.05) is 0 Å². The Kier molecular flexibility index (Phi) is 1.57. The predicted octanol–water partition coefficient (Wildman–Crippen LogP) is 1.52. The monoisotopic (exact) mass is 258 g/mol. The first-order chi connectivity index (χ1) is 11.1. The molecule has 18 heavy (non-hydrogen) atoms. The topological polar surface area (TPSA) is 75.6 Å². The predicted molar refractivity (Wildman–Crippen MR) is 64.2 cm³/mol. The van der Waals surface area contributed by atoms with E-state index < -0.39 is 54.5 Å². The zero-order valence-corrected chi connectivity index (χ0v) is 10.1. The Balaban J connectivity index is 2.52. The van der Waals surface area contributed by atoms with Crippen LogP contribution < -0.4 is 0 Å². The van der Waals surface area contributed by atoms with E-state index >= 15 is 0 Å². The van der Waals surface area contributed by atoms with Crippen LogP contribution in [0.3, 0.4) is 0 Å². The van der Waals surface area contributed by atoms with Gasteiger partial charge in [0.05, 0.1) is 26.5 Å². The van der Waals surface area contributed by atoms with Crippen molar-refractivity contribution in [3.05, 3.63) is 18.2 Å². The molecule has 1 aromatic rings. The number of carbonyl (C=O) groups is 1. The highest BCUT2D eigenvalue weighted by Gasteiger charge is 2.35. The zero-order valence-electron chi connectivity index (χ0n) is 17.1. The van der Waals surface area contributed by atoms with Gasteiger partial charge in [0.25, 0.3) is 0 Å². The summed E-state index contributed by atoms with van der Waals surface area (Å²) in [6.07, 6.45) is -2.99. The summed E-state index contributed by atoms with van der Waals surface area (Å²) in [4.78, 5) is 19.1. The molecule has 0 spiro atoms. The summed E-state index contributed by atoms with van der Waals surface area (Å²) in [5.41, 5.74) is -1.01. The van der Waals surface area contributed by atoms with Gasteiger partial charge in [-0.05, 0) is 20.8 Å². The minimum absolute atomic E-state index is 0.127. The van der Waals surface area contributed by atoms with Crippen LogP contribution in [0.4, 0.5) is 4.79 Å². The Hall–Kier alpha value is -1.85. The Morgan fingerprint density at radius 1 is 1.61 bits per heavy atom. The highest BCUT2D eigenvalue weighted by molar-refractivity contribution is 5.69. The smallest absolute Gasteiger partial charge is 0.410 e. The van der Waals surface area contributed by atoms with Crippen molar-refractivity contribution in [2.24, 2.45) is 0 Å². The normalized spacial score (nSPS) is 29.3. The van der Waals surface area contributed by atoms with Crippen LogP contribution in [0.1, 0.15) is 42.1 Å². The van der Waals surface area contributed by atoms with Gasteiger partial charge in [-0.25, -0.2) is 14.8 Å². The molecule has 1 N–H and O–H groups in total. The van der Waals surface area contributed by atoms with E-state index in [0.29, 0.717) is 0 Å².